The van der Waals surface area contributed by atoms with Crippen LogP contribution in [0.5, 0.6) is 0 Å². The number of amides is 1. The highest BCUT2D eigenvalue weighted by atomic mass is 35.5. The van der Waals surface area contributed by atoms with Gasteiger partial charge in [0.2, 0.25) is 5.91 Å². The fourth-order valence-corrected chi connectivity index (χ4v) is 3.18. The summed E-state index contributed by atoms with van der Waals surface area (Å²) in [5.74, 6) is 1.13. The standard InChI is InChI=1S/C17H26ClN3O/c1-12(2)10-21-17(18)15(14(4)19-21)7-8-16(22)20-9-5-6-13(3)11-20/h7-8,12-13H,5-6,9-11H2,1-4H3/b8-7+. The first kappa shape index (κ1) is 17.1. The molecule has 4 nitrogen and oxygen atoms in total. The SMILES string of the molecule is Cc1nn(CC(C)C)c(Cl)c1/C=C/C(=O)N1CCCC(C)C1. The number of aromatic nitrogens is 2. The predicted molar refractivity (Wildman–Crippen MR) is 90.8 cm³/mol. The molecule has 1 aromatic heterocycles. The van der Waals surface area contributed by atoms with Gasteiger partial charge in [-0.05, 0) is 37.7 Å². The fourth-order valence-electron chi connectivity index (χ4n) is 2.87. The van der Waals surface area contributed by atoms with Crippen LogP contribution in [0.2, 0.25) is 5.15 Å². The lowest BCUT2D eigenvalue weighted by molar-refractivity contribution is -0.127. The molecule has 1 aliphatic rings. The van der Waals surface area contributed by atoms with Crippen LogP contribution in [-0.2, 0) is 11.3 Å². The first-order valence-corrected chi connectivity index (χ1v) is 8.46. The third kappa shape index (κ3) is 4.13. The maximum atomic E-state index is 12.3. The molecule has 0 radical (unpaired) electrons. The van der Waals surface area contributed by atoms with E-state index in [9.17, 15) is 4.79 Å². The van der Waals surface area contributed by atoms with Crippen LogP contribution in [0.15, 0.2) is 6.08 Å². The van der Waals surface area contributed by atoms with Crippen molar-refractivity contribution >= 4 is 23.6 Å². The molecular weight excluding hydrogens is 298 g/mol. The van der Waals surface area contributed by atoms with Gasteiger partial charge >= 0.3 is 0 Å². The molecule has 0 spiro atoms. The predicted octanol–water partition coefficient (Wildman–Crippen LogP) is 3.77. The molecule has 0 saturated carbocycles. The van der Waals surface area contributed by atoms with Crippen molar-refractivity contribution in [3.63, 3.8) is 0 Å². The van der Waals surface area contributed by atoms with Gasteiger partial charge in [0, 0.05) is 31.3 Å². The van der Waals surface area contributed by atoms with E-state index in [1.54, 1.807) is 6.08 Å². The molecule has 1 saturated heterocycles. The van der Waals surface area contributed by atoms with Gasteiger partial charge in [-0.25, -0.2) is 0 Å². The molecule has 0 aromatic carbocycles. The fraction of sp³-hybridized carbons (Fsp3) is 0.647. The summed E-state index contributed by atoms with van der Waals surface area (Å²) >= 11 is 6.39. The number of carbonyl (C=O) groups is 1. The first-order chi connectivity index (χ1) is 10.4. The minimum atomic E-state index is 0.0682. The second-order valence-electron chi connectivity index (χ2n) is 6.73. The van der Waals surface area contributed by atoms with E-state index >= 15 is 0 Å². The van der Waals surface area contributed by atoms with Crippen molar-refractivity contribution in [2.24, 2.45) is 11.8 Å². The van der Waals surface area contributed by atoms with Crippen LogP contribution in [0.1, 0.15) is 44.9 Å². The lowest BCUT2D eigenvalue weighted by atomic mass is 10.0. The van der Waals surface area contributed by atoms with E-state index in [0.717, 1.165) is 37.3 Å². The summed E-state index contributed by atoms with van der Waals surface area (Å²) in [4.78, 5) is 14.2. The number of rotatable bonds is 4. The van der Waals surface area contributed by atoms with Crippen molar-refractivity contribution in [3.05, 3.63) is 22.5 Å². The van der Waals surface area contributed by atoms with Crippen LogP contribution >= 0.6 is 11.6 Å². The van der Waals surface area contributed by atoms with Crippen molar-refractivity contribution in [3.8, 4) is 0 Å². The van der Waals surface area contributed by atoms with Gasteiger partial charge in [-0.1, -0.05) is 32.4 Å². The highest BCUT2D eigenvalue weighted by molar-refractivity contribution is 6.31. The number of carbonyl (C=O) groups excluding carboxylic acids is 1. The zero-order chi connectivity index (χ0) is 16.3. The molecule has 2 rings (SSSR count). The molecule has 5 heteroatoms. The van der Waals surface area contributed by atoms with Gasteiger partial charge < -0.3 is 4.90 Å². The molecule has 0 N–H and O–H groups in total. The number of piperidine rings is 1. The minimum Gasteiger partial charge on any atom is -0.339 e. The summed E-state index contributed by atoms with van der Waals surface area (Å²) in [6.07, 6.45) is 5.74. The second-order valence-corrected chi connectivity index (χ2v) is 7.09. The van der Waals surface area contributed by atoms with Crippen LogP contribution < -0.4 is 0 Å². The monoisotopic (exact) mass is 323 g/mol. The van der Waals surface area contributed by atoms with Crippen molar-refractivity contribution in [1.82, 2.24) is 14.7 Å². The minimum absolute atomic E-state index is 0.0682. The molecule has 1 aromatic rings. The topological polar surface area (TPSA) is 38.1 Å². The summed E-state index contributed by atoms with van der Waals surface area (Å²) in [5.41, 5.74) is 1.71. The molecule has 1 amide bonds. The Kier molecular flexibility index (Phi) is 5.68. The van der Waals surface area contributed by atoms with E-state index < -0.39 is 0 Å². The van der Waals surface area contributed by atoms with E-state index in [-0.39, 0.29) is 5.91 Å². The molecule has 2 heterocycles. The van der Waals surface area contributed by atoms with Gasteiger partial charge in [-0.2, -0.15) is 5.10 Å². The Hall–Kier alpha value is -1.29. The van der Waals surface area contributed by atoms with Crippen molar-refractivity contribution in [2.75, 3.05) is 13.1 Å². The third-order valence-corrected chi connectivity index (χ3v) is 4.41. The third-order valence-electron chi connectivity index (χ3n) is 4.01. The van der Waals surface area contributed by atoms with E-state index in [0.29, 0.717) is 17.0 Å². The highest BCUT2D eigenvalue weighted by Gasteiger charge is 2.19. The average Bonchev–Trinajstić information content (AvgIpc) is 2.70. The van der Waals surface area contributed by atoms with Crippen LogP contribution in [0.3, 0.4) is 0 Å². The lowest BCUT2D eigenvalue weighted by Gasteiger charge is -2.30. The van der Waals surface area contributed by atoms with Gasteiger partial charge in [0.25, 0.3) is 0 Å². The van der Waals surface area contributed by atoms with Crippen molar-refractivity contribution in [2.45, 2.75) is 47.1 Å². The zero-order valence-corrected chi connectivity index (χ0v) is 14.7. The number of hydrogen-bond acceptors (Lipinski definition) is 2. The maximum absolute atomic E-state index is 12.3. The normalized spacial score (nSPS) is 19.4. The molecule has 1 unspecified atom stereocenters. The van der Waals surface area contributed by atoms with E-state index in [4.69, 9.17) is 11.6 Å². The Balaban J connectivity index is 2.09. The Labute approximate surface area is 138 Å². The zero-order valence-electron chi connectivity index (χ0n) is 14.0. The summed E-state index contributed by atoms with van der Waals surface area (Å²) in [6.45, 7) is 10.9. The quantitative estimate of drug-likeness (QED) is 0.791. The number of halogens is 1. The van der Waals surface area contributed by atoms with Crippen molar-refractivity contribution in [1.29, 1.82) is 0 Å². The summed E-state index contributed by atoms with van der Waals surface area (Å²) < 4.78 is 1.81. The number of hydrogen-bond donors (Lipinski definition) is 0. The van der Waals surface area contributed by atoms with E-state index in [1.807, 2.05) is 22.6 Å². The van der Waals surface area contributed by atoms with Crippen LogP contribution in [0.4, 0.5) is 0 Å². The Morgan fingerprint density at radius 1 is 1.50 bits per heavy atom. The van der Waals surface area contributed by atoms with Gasteiger partial charge in [0.15, 0.2) is 0 Å². The molecule has 1 atom stereocenters. The Morgan fingerprint density at radius 2 is 2.23 bits per heavy atom. The molecule has 0 bridgehead atoms. The van der Waals surface area contributed by atoms with Crippen LogP contribution in [-0.4, -0.2) is 33.7 Å². The maximum Gasteiger partial charge on any atom is 0.246 e. The lowest BCUT2D eigenvalue weighted by Crippen LogP contribution is -2.38. The number of nitrogens with zero attached hydrogens (tertiary/aromatic N) is 3. The Bertz CT molecular complexity index is 562. The van der Waals surface area contributed by atoms with Gasteiger partial charge in [0.1, 0.15) is 5.15 Å². The van der Waals surface area contributed by atoms with Gasteiger partial charge in [-0.15, -0.1) is 0 Å². The van der Waals surface area contributed by atoms with Crippen LogP contribution in [0, 0.1) is 18.8 Å². The highest BCUT2D eigenvalue weighted by Crippen LogP contribution is 2.23. The summed E-state index contributed by atoms with van der Waals surface area (Å²) in [6, 6.07) is 0. The number of likely N-dealkylation sites (tertiary alicyclic amines) is 1. The molecule has 0 aliphatic carbocycles. The molecular formula is C17H26ClN3O. The van der Waals surface area contributed by atoms with Gasteiger partial charge in [0.05, 0.1) is 5.69 Å². The van der Waals surface area contributed by atoms with Gasteiger partial charge in [-0.3, -0.25) is 9.48 Å². The van der Waals surface area contributed by atoms with E-state index in [1.165, 1.54) is 6.42 Å². The average molecular weight is 324 g/mol. The first-order valence-electron chi connectivity index (χ1n) is 8.08. The molecule has 1 aliphatic heterocycles. The van der Waals surface area contributed by atoms with E-state index in [2.05, 4.69) is 25.9 Å². The largest absolute Gasteiger partial charge is 0.339 e. The summed E-state index contributed by atoms with van der Waals surface area (Å²) in [7, 11) is 0. The molecule has 22 heavy (non-hydrogen) atoms. The number of aryl methyl sites for hydroxylation is 1. The molecule has 1 fully saturated rings. The summed E-state index contributed by atoms with van der Waals surface area (Å²) in [5, 5.41) is 5.07. The smallest absolute Gasteiger partial charge is 0.246 e. The van der Waals surface area contributed by atoms with Crippen molar-refractivity contribution < 1.29 is 4.79 Å². The second kappa shape index (κ2) is 7.32. The Morgan fingerprint density at radius 3 is 2.86 bits per heavy atom. The van der Waals surface area contributed by atoms with Crippen LogP contribution in [0.25, 0.3) is 6.08 Å². The molecule has 122 valence electrons.